The molecule has 0 aliphatic rings. The lowest BCUT2D eigenvalue weighted by Gasteiger charge is -2.25. The standard InChI is InChI=1S/C24H25ClO2/c1-18-6-4-8-22(14-18)27-23-9-5-7-19(15-23)16-26-17-24(2,3)20-10-12-21(25)13-11-20/h4-15H,16-17H2,1-3H3. The van der Waals surface area contributed by atoms with Gasteiger partial charge in [-0.25, -0.2) is 0 Å². The third-order valence-corrected chi connectivity index (χ3v) is 4.73. The molecule has 0 aromatic heterocycles. The summed E-state index contributed by atoms with van der Waals surface area (Å²) in [6, 6.07) is 24.0. The van der Waals surface area contributed by atoms with Crippen molar-refractivity contribution in [1.29, 1.82) is 0 Å². The van der Waals surface area contributed by atoms with E-state index in [1.807, 2.05) is 48.5 Å². The Hall–Kier alpha value is -2.29. The van der Waals surface area contributed by atoms with Gasteiger partial charge in [-0.3, -0.25) is 0 Å². The topological polar surface area (TPSA) is 18.5 Å². The van der Waals surface area contributed by atoms with E-state index in [9.17, 15) is 0 Å². The minimum Gasteiger partial charge on any atom is -0.457 e. The smallest absolute Gasteiger partial charge is 0.127 e. The second-order valence-electron chi connectivity index (χ2n) is 7.45. The zero-order valence-electron chi connectivity index (χ0n) is 16.0. The molecule has 3 aromatic rings. The molecule has 3 aromatic carbocycles. The van der Waals surface area contributed by atoms with Gasteiger partial charge in [0.25, 0.3) is 0 Å². The summed E-state index contributed by atoms with van der Waals surface area (Å²) in [5.74, 6) is 1.66. The average Bonchev–Trinajstić information content (AvgIpc) is 2.62. The van der Waals surface area contributed by atoms with Gasteiger partial charge in [0.2, 0.25) is 0 Å². The van der Waals surface area contributed by atoms with E-state index in [1.165, 1.54) is 11.1 Å². The lowest BCUT2D eigenvalue weighted by molar-refractivity contribution is 0.0824. The van der Waals surface area contributed by atoms with Gasteiger partial charge in [-0.2, -0.15) is 0 Å². The van der Waals surface area contributed by atoms with E-state index < -0.39 is 0 Å². The second kappa shape index (κ2) is 8.60. The molecule has 0 N–H and O–H groups in total. The van der Waals surface area contributed by atoms with Crippen LogP contribution in [0, 0.1) is 6.92 Å². The van der Waals surface area contributed by atoms with E-state index in [-0.39, 0.29) is 5.41 Å². The Balaban J connectivity index is 1.59. The Labute approximate surface area is 166 Å². The number of hydrogen-bond donors (Lipinski definition) is 0. The Morgan fingerprint density at radius 2 is 1.52 bits per heavy atom. The molecule has 0 amide bonds. The average molecular weight is 381 g/mol. The van der Waals surface area contributed by atoms with E-state index >= 15 is 0 Å². The molecule has 3 rings (SSSR count). The molecule has 0 saturated carbocycles. The number of rotatable bonds is 7. The van der Waals surface area contributed by atoms with Gasteiger partial charge in [0.15, 0.2) is 0 Å². The fourth-order valence-corrected chi connectivity index (χ4v) is 3.05. The van der Waals surface area contributed by atoms with Crippen LogP contribution in [0.1, 0.15) is 30.5 Å². The third-order valence-electron chi connectivity index (χ3n) is 4.48. The molecule has 140 valence electrons. The normalized spacial score (nSPS) is 11.4. The molecule has 0 bridgehead atoms. The van der Waals surface area contributed by atoms with E-state index in [4.69, 9.17) is 21.1 Å². The maximum Gasteiger partial charge on any atom is 0.127 e. The third kappa shape index (κ3) is 5.59. The molecule has 0 saturated heterocycles. The van der Waals surface area contributed by atoms with Gasteiger partial charge in [-0.1, -0.05) is 61.8 Å². The molecule has 27 heavy (non-hydrogen) atoms. The van der Waals surface area contributed by atoms with Gasteiger partial charge >= 0.3 is 0 Å². The van der Waals surface area contributed by atoms with Crippen molar-refractivity contribution in [2.75, 3.05) is 6.61 Å². The summed E-state index contributed by atoms with van der Waals surface area (Å²) in [5.41, 5.74) is 3.40. The molecular formula is C24H25ClO2. The molecule has 2 nitrogen and oxygen atoms in total. The highest BCUT2D eigenvalue weighted by atomic mass is 35.5. The molecule has 0 fully saturated rings. The van der Waals surface area contributed by atoms with Crippen LogP contribution < -0.4 is 4.74 Å². The maximum atomic E-state index is 6.00. The second-order valence-corrected chi connectivity index (χ2v) is 7.89. The fraction of sp³-hybridized carbons (Fsp3) is 0.250. The van der Waals surface area contributed by atoms with Crippen LogP contribution in [0.15, 0.2) is 72.8 Å². The van der Waals surface area contributed by atoms with Crippen LogP contribution in [0.2, 0.25) is 5.02 Å². The van der Waals surface area contributed by atoms with Crippen LogP contribution in [-0.4, -0.2) is 6.61 Å². The predicted molar refractivity (Wildman–Crippen MR) is 112 cm³/mol. The molecule has 0 aliphatic heterocycles. The Morgan fingerprint density at radius 1 is 0.852 bits per heavy atom. The van der Waals surface area contributed by atoms with Gasteiger partial charge in [0, 0.05) is 10.4 Å². The van der Waals surface area contributed by atoms with E-state index in [1.54, 1.807) is 0 Å². The zero-order chi connectivity index (χ0) is 19.3. The lowest BCUT2D eigenvalue weighted by atomic mass is 9.86. The first kappa shape index (κ1) is 19.5. The molecule has 3 heteroatoms. The van der Waals surface area contributed by atoms with Crippen molar-refractivity contribution in [3.05, 3.63) is 94.5 Å². The van der Waals surface area contributed by atoms with Gasteiger partial charge in [-0.15, -0.1) is 0 Å². The largest absolute Gasteiger partial charge is 0.457 e. The number of hydrogen-bond acceptors (Lipinski definition) is 2. The predicted octanol–water partition coefficient (Wildman–Crippen LogP) is 6.94. The van der Waals surface area contributed by atoms with Crippen LogP contribution >= 0.6 is 11.6 Å². The Bertz CT molecular complexity index is 885. The highest BCUT2D eigenvalue weighted by Crippen LogP contribution is 2.26. The van der Waals surface area contributed by atoms with Crippen molar-refractivity contribution in [1.82, 2.24) is 0 Å². The van der Waals surface area contributed by atoms with Crippen molar-refractivity contribution < 1.29 is 9.47 Å². The van der Waals surface area contributed by atoms with Crippen molar-refractivity contribution in [2.45, 2.75) is 32.8 Å². The monoisotopic (exact) mass is 380 g/mol. The highest BCUT2D eigenvalue weighted by molar-refractivity contribution is 6.30. The van der Waals surface area contributed by atoms with Crippen LogP contribution in [0.25, 0.3) is 0 Å². The van der Waals surface area contributed by atoms with E-state index in [2.05, 4.69) is 45.0 Å². The SMILES string of the molecule is Cc1cccc(Oc2cccc(COCC(C)(C)c3ccc(Cl)cc3)c2)c1. The quantitative estimate of drug-likeness (QED) is 0.442. The van der Waals surface area contributed by atoms with Gasteiger partial charge in [0.1, 0.15) is 11.5 Å². The minimum absolute atomic E-state index is 0.0831. The maximum absolute atomic E-state index is 6.00. The number of halogens is 1. The molecule has 0 heterocycles. The first-order valence-corrected chi connectivity index (χ1v) is 9.47. The molecule has 0 radical (unpaired) electrons. The highest BCUT2D eigenvalue weighted by Gasteiger charge is 2.20. The summed E-state index contributed by atoms with van der Waals surface area (Å²) in [5, 5.41) is 0.751. The number of ether oxygens (including phenoxy) is 2. The van der Waals surface area contributed by atoms with E-state index in [0.717, 1.165) is 22.1 Å². The van der Waals surface area contributed by atoms with Gasteiger partial charge < -0.3 is 9.47 Å². The van der Waals surface area contributed by atoms with Crippen molar-refractivity contribution >= 4 is 11.6 Å². The van der Waals surface area contributed by atoms with Crippen LogP contribution in [-0.2, 0) is 16.8 Å². The first-order chi connectivity index (χ1) is 12.9. The summed E-state index contributed by atoms with van der Waals surface area (Å²) in [4.78, 5) is 0. The van der Waals surface area contributed by atoms with Crippen LogP contribution in [0.3, 0.4) is 0 Å². The minimum atomic E-state index is -0.0831. The van der Waals surface area contributed by atoms with Crippen molar-refractivity contribution in [3.63, 3.8) is 0 Å². The lowest BCUT2D eigenvalue weighted by Crippen LogP contribution is -2.24. The van der Waals surface area contributed by atoms with Crippen LogP contribution in [0.4, 0.5) is 0 Å². The summed E-state index contributed by atoms with van der Waals surface area (Å²) >= 11 is 5.98. The summed E-state index contributed by atoms with van der Waals surface area (Å²) in [7, 11) is 0. The number of benzene rings is 3. The molecule has 0 aliphatic carbocycles. The molecule has 0 atom stereocenters. The Morgan fingerprint density at radius 3 is 2.22 bits per heavy atom. The van der Waals surface area contributed by atoms with Gasteiger partial charge in [0.05, 0.1) is 13.2 Å². The summed E-state index contributed by atoms with van der Waals surface area (Å²) < 4.78 is 12.0. The summed E-state index contributed by atoms with van der Waals surface area (Å²) in [6.07, 6.45) is 0. The molecular weight excluding hydrogens is 356 g/mol. The Kier molecular flexibility index (Phi) is 6.20. The van der Waals surface area contributed by atoms with Crippen molar-refractivity contribution in [3.8, 4) is 11.5 Å². The molecule has 0 spiro atoms. The van der Waals surface area contributed by atoms with E-state index in [0.29, 0.717) is 13.2 Å². The molecule has 0 unspecified atom stereocenters. The zero-order valence-corrected chi connectivity index (χ0v) is 16.8. The van der Waals surface area contributed by atoms with Gasteiger partial charge in [-0.05, 0) is 60.0 Å². The van der Waals surface area contributed by atoms with Crippen LogP contribution in [0.5, 0.6) is 11.5 Å². The first-order valence-electron chi connectivity index (χ1n) is 9.10. The number of aryl methyl sites for hydroxylation is 1. The fourth-order valence-electron chi connectivity index (χ4n) is 2.92. The summed E-state index contributed by atoms with van der Waals surface area (Å²) in [6.45, 7) is 7.57. The van der Waals surface area contributed by atoms with Crippen molar-refractivity contribution in [2.24, 2.45) is 0 Å².